The molecule has 1 unspecified atom stereocenters. The lowest BCUT2D eigenvalue weighted by Gasteiger charge is -2.18. The Hall–Kier alpha value is -2.45. The highest BCUT2D eigenvalue weighted by atomic mass is 16.6. The van der Waals surface area contributed by atoms with E-state index in [9.17, 15) is 24.6 Å². The highest BCUT2D eigenvalue weighted by Gasteiger charge is 2.19. The zero-order valence-electron chi connectivity index (χ0n) is 42.7. The maximum Gasteiger partial charge on any atom is 0.306 e. The molecule has 0 rings (SSSR count). The quantitative estimate of drug-likeness (QED) is 0.0268. The van der Waals surface area contributed by atoms with Crippen molar-refractivity contribution in [3.8, 4) is 0 Å². The summed E-state index contributed by atoms with van der Waals surface area (Å²) in [7, 11) is 0. The summed E-state index contributed by atoms with van der Waals surface area (Å²) in [5.74, 6) is -0.992. The first-order valence-electron chi connectivity index (χ1n) is 27.6. The fourth-order valence-corrected chi connectivity index (χ4v) is 7.93. The Bertz CT molecular complexity index is 1130. The minimum atomic E-state index is -0.818. The maximum atomic E-state index is 12.8. The monoisotopic (exact) mass is 917 g/mol. The summed E-state index contributed by atoms with van der Waals surface area (Å²) in [6.45, 7) is 6.43. The molecule has 0 aromatic rings. The number of carbonyl (C=O) groups is 3. The molecule has 0 aliphatic rings. The van der Waals surface area contributed by atoms with Crippen molar-refractivity contribution < 1.29 is 38.8 Å². The van der Waals surface area contributed by atoms with E-state index in [1.165, 1.54) is 89.9 Å². The van der Waals surface area contributed by atoms with Crippen LogP contribution in [0.5, 0.6) is 0 Å². The zero-order valence-corrected chi connectivity index (χ0v) is 42.7. The summed E-state index contributed by atoms with van der Waals surface area (Å²) in [5.41, 5.74) is 0. The number of carbonyl (C=O) groups excluding carboxylic acids is 3. The number of hydrogen-bond donors (Lipinski definition) is 2. The molecule has 0 fully saturated rings. The van der Waals surface area contributed by atoms with Crippen molar-refractivity contribution in [1.82, 2.24) is 0 Å². The van der Waals surface area contributed by atoms with Gasteiger partial charge in [-0.15, -0.1) is 0 Å². The molecule has 0 saturated carbocycles. The molecule has 2 N–H and O–H groups in total. The SMILES string of the molecule is CCCCCCCC/C=C\CCCCCCCC(=O)OCC(COC(=O)CCCCCCC/C=C\C[C@H](O)CCCCCC)OC(=O)CCCCCCC/C=C\C[C@H](O)CCCCCC. The van der Waals surface area contributed by atoms with Crippen molar-refractivity contribution in [2.75, 3.05) is 13.2 Å². The van der Waals surface area contributed by atoms with Gasteiger partial charge >= 0.3 is 17.9 Å². The second kappa shape index (κ2) is 51.0. The number of allylic oxidation sites excluding steroid dienone is 4. The fraction of sp³-hybridized carbons (Fsp3) is 0.842. The molecule has 8 heteroatoms. The van der Waals surface area contributed by atoms with Crippen molar-refractivity contribution in [2.45, 2.75) is 296 Å². The van der Waals surface area contributed by atoms with E-state index >= 15 is 0 Å². The Kier molecular flexibility index (Phi) is 49.0. The summed E-state index contributed by atoms with van der Waals surface area (Å²) >= 11 is 0. The molecule has 0 bridgehead atoms. The van der Waals surface area contributed by atoms with Gasteiger partial charge in [-0.1, -0.05) is 198 Å². The van der Waals surface area contributed by atoms with Gasteiger partial charge < -0.3 is 24.4 Å². The molecule has 3 atom stereocenters. The molecule has 0 aliphatic heterocycles. The average Bonchev–Trinajstić information content (AvgIpc) is 3.30. The first kappa shape index (κ1) is 62.5. The highest BCUT2D eigenvalue weighted by molar-refractivity contribution is 5.71. The van der Waals surface area contributed by atoms with Crippen LogP contribution in [-0.2, 0) is 28.6 Å². The van der Waals surface area contributed by atoms with Crippen LogP contribution in [0.3, 0.4) is 0 Å². The lowest BCUT2D eigenvalue weighted by Crippen LogP contribution is -2.30. The predicted molar refractivity (Wildman–Crippen MR) is 273 cm³/mol. The van der Waals surface area contributed by atoms with E-state index in [0.29, 0.717) is 12.8 Å². The molecule has 0 spiro atoms. The average molecular weight is 917 g/mol. The molecular weight excluding hydrogens is 813 g/mol. The summed E-state index contributed by atoms with van der Waals surface area (Å²) in [4.78, 5) is 38.1. The van der Waals surface area contributed by atoms with Crippen molar-refractivity contribution in [3.05, 3.63) is 36.5 Å². The molecule has 0 heterocycles. The third-order valence-corrected chi connectivity index (χ3v) is 12.2. The summed E-state index contributed by atoms with van der Waals surface area (Å²) in [5, 5.41) is 20.2. The van der Waals surface area contributed by atoms with Gasteiger partial charge in [-0.2, -0.15) is 0 Å². The van der Waals surface area contributed by atoms with Crippen molar-refractivity contribution in [2.24, 2.45) is 0 Å². The minimum absolute atomic E-state index is 0.112. The van der Waals surface area contributed by atoms with E-state index in [1.54, 1.807) is 0 Å². The highest BCUT2D eigenvalue weighted by Crippen LogP contribution is 2.15. The zero-order chi connectivity index (χ0) is 47.5. The smallest absolute Gasteiger partial charge is 0.306 e. The van der Waals surface area contributed by atoms with E-state index in [0.717, 1.165) is 148 Å². The molecule has 0 aromatic carbocycles. The standard InChI is InChI=1S/C57H104O8/c1-4-7-10-13-14-15-16-17-18-19-20-21-28-33-40-47-55(60)63-50-54(65-57(62)49-42-35-30-25-23-27-32-39-46-53(59)44-37-12-9-6-3)51-64-56(61)48-41-34-29-24-22-26-31-38-45-52(58)43-36-11-8-5-2/h17-18,31-32,38-39,52-54,58-59H,4-16,19-30,33-37,40-51H2,1-3H3/b18-17-,38-31-,39-32-/t52-,53-,54?/m1/s1. The van der Waals surface area contributed by atoms with Crippen molar-refractivity contribution in [3.63, 3.8) is 0 Å². The van der Waals surface area contributed by atoms with Crippen LogP contribution in [0.15, 0.2) is 36.5 Å². The van der Waals surface area contributed by atoms with Crippen LogP contribution in [0.25, 0.3) is 0 Å². The molecule has 380 valence electrons. The Morgan fingerprint density at radius 1 is 0.369 bits per heavy atom. The molecule has 0 radical (unpaired) electrons. The van der Waals surface area contributed by atoms with E-state index in [-0.39, 0.29) is 49.8 Å². The number of rotatable bonds is 50. The van der Waals surface area contributed by atoms with Crippen LogP contribution >= 0.6 is 0 Å². The van der Waals surface area contributed by atoms with E-state index < -0.39 is 6.10 Å². The van der Waals surface area contributed by atoms with Crippen LogP contribution in [-0.4, -0.2) is 59.6 Å². The van der Waals surface area contributed by atoms with Gasteiger partial charge in [-0.05, 0) is 96.3 Å². The number of aliphatic hydroxyl groups is 2. The predicted octanol–water partition coefficient (Wildman–Crippen LogP) is 16.0. The number of aliphatic hydroxyl groups excluding tert-OH is 2. The van der Waals surface area contributed by atoms with Gasteiger partial charge in [0.15, 0.2) is 6.10 Å². The van der Waals surface area contributed by atoms with E-state index in [2.05, 4.69) is 57.2 Å². The van der Waals surface area contributed by atoms with Crippen LogP contribution in [0.4, 0.5) is 0 Å². The first-order valence-corrected chi connectivity index (χ1v) is 27.6. The number of esters is 3. The second-order valence-corrected chi connectivity index (χ2v) is 18.8. The molecule has 0 aliphatic carbocycles. The molecule has 8 nitrogen and oxygen atoms in total. The molecule has 0 amide bonds. The van der Waals surface area contributed by atoms with Gasteiger partial charge in [-0.3, -0.25) is 14.4 Å². The van der Waals surface area contributed by atoms with Crippen LogP contribution < -0.4 is 0 Å². The summed E-state index contributed by atoms with van der Waals surface area (Å²) in [6, 6.07) is 0. The molecular formula is C57H104O8. The molecule has 0 saturated heterocycles. The summed E-state index contributed by atoms with van der Waals surface area (Å²) in [6.07, 6.45) is 53.0. The van der Waals surface area contributed by atoms with Crippen LogP contribution in [0.1, 0.15) is 278 Å². The van der Waals surface area contributed by atoms with Gasteiger partial charge in [0.05, 0.1) is 12.2 Å². The summed E-state index contributed by atoms with van der Waals surface area (Å²) < 4.78 is 16.8. The second-order valence-electron chi connectivity index (χ2n) is 18.8. The number of ether oxygens (including phenoxy) is 3. The van der Waals surface area contributed by atoms with E-state index in [4.69, 9.17) is 14.2 Å². The van der Waals surface area contributed by atoms with E-state index in [1.807, 2.05) is 0 Å². The largest absolute Gasteiger partial charge is 0.462 e. The normalized spacial score (nSPS) is 13.2. The Morgan fingerprint density at radius 3 is 1.03 bits per heavy atom. The Labute approximate surface area is 401 Å². The van der Waals surface area contributed by atoms with Crippen molar-refractivity contribution in [1.29, 1.82) is 0 Å². The van der Waals surface area contributed by atoms with Crippen LogP contribution in [0.2, 0.25) is 0 Å². The third kappa shape index (κ3) is 49.3. The Morgan fingerprint density at radius 2 is 0.662 bits per heavy atom. The third-order valence-electron chi connectivity index (χ3n) is 12.2. The lowest BCUT2D eigenvalue weighted by atomic mass is 10.1. The Balaban J connectivity index is 4.47. The topological polar surface area (TPSA) is 119 Å². The first-order chi connectivity index (χ1) is 31.8. The van der Waals surface area contributed by atoms with Gasteiger partial charge in [0.25, 0.3) is 0 Å². The number of hydrogen-bond acceptors (Lipinski definition) is 8. The lowest BCUT2D eigenvalue weighted by molar-refractivity contribution is -0.167. The van der Waals surface area contributed by atoms with Crippen LogP contribution in [0, 0.1) is 0 Å². The van der Waals surface area contributed by atoms with Gasteiger partial charge in [0, 0.05) is 19.3 Å². The van der Waals surface area contributed by atoms with Crippen molar-refractivity contribution >= 4 is 17.9 Å². The maximum absolute atomic E-state index is 12.8. The molecule has 0 aromatic heterocycles. The number of unbranched alkanes of at least 4 members (excludes halogenated alkanes) is 27. The van der Waals surface area contributed by atoms with Gasteiger partial charge in [0.2, 0.25) is 0 Å². The molecule has 65 heavy (non-hydrogen) atoms. The van der Waals surface area contributed by atoms with Gasteiger partial charge in [0.1, 0.15) is 13.2 Å². The fourth-order valence-electron chi connectivity index (χ4n) is 7.93. The minimum Gasteiger partial charge on any atom is -0.462 e. The van der Waals surface area contributed by atoms with Gasteiger partial charge in [-0.25, -0.2) is 0 Å².